The summed E-state index contributed by atoms with van der Waals surface area (Å²) in [6.07, 6.45) is 0. The number of hydrogen-bond acceptors (Lipinski definition) is 2. The van der Waals surface area contributed by atoms with Crippen molar-refractivity contribution in [2.75, 3.05) is 4.72 Å². The molecule has 0 radical (unpaired) electrons. The Bertz CT molecular complexity index is 712. The van der Waals surface area contributed by atoms with Crippen LogP contribution in [0.4, 0.5) is 5.69 Å². The lowest BCUT2D eigenvalue weighted by Gasteiger charge is -2.09. The maximum absolute atomic E-state index is 12.1. The SMILES string of the molecule is Cc1ccc(NS(=O)(=O)Cc2ccc(Cl)cc2)cc1Cl. The lowest BCUT2D eigenvalue weighted by molar-refractivity contribution is 0.600. The van der Waals surface area contributed by atoms with Crippen LogP contribution in [0.1, 0.15) is 11.1 Å². The molecule has 0 spiro atoms. The molecule has 0 unspecified atom stereocenters. The monoisotopic (exact) mass is 329 g/mol. The first-order valence-corrected chi connectivity index (χ1v) is 8.28. The second-order valence-corrected chi connectivity index (χ2v) is 7.02. The second-order valence-electron chi connectivity index (χ2n) is 4.45. The van der Waals surface area contributed by atoms with Gasteiger partial charge in [0.05, 0.1) is 5.75 Å². The second kappa shape index (κ2) is 6.04. The van der Waals surface area contributed by atoms with E-state index in [-0.39, 0.29) is 5.75 Å². The van der Waals surface area contributed by atoms with E-state index in [0.717, 1.165) is 5.56 Å². The van der Waals surface area contributed by atoms with Crippen LogP contribution >= 0.6 is 23.2 Å². The highest BCUT2D eigenvalue weighted by atomic mass is 35.5. The molecule has 106 valence electrons. The number of nitrogens with one attached hydrogen (secondary N) is 1. The summed E-state index contributed by atoms with van der Waals surface area (Å²) in [5.41, 5.74) is 2.02. The summed E-state index contributed by atoms with van der Waals surface area (Å²) in [5, 5.41) is 1.10. The van der Waals surface area contributed by atoms with E-state index in [1.807, 2.05) is 6.92 Å². The van der Waals surface area contributed by atoms with E-state index >= 15 is 0 Å². The number of hydrogen-bond donors (Lipinski definition) is 1. The number of rotatable bonds is 4. The molecule has 1 N–H and O–H groups in total. The number of benzene rings is 2. The number of anilines is 1. The molecule has 3 nitrogen and oxygen atoms in total. The summed E-state index contributed by atoms with van der Waals surface area (Å²) in [4.78, 5) is 0. The molecular weight excluding hydrogens is 317 g/mol. The molecule has 0 bridgehead atoms. The van der Waals surface area contributed by atoms with Gasteiger partial charge < -0.3 is 0 Å². The zero-order chi connectivity index (χ0) is 14.8. The number of sulfonamides is 1. The van der Waals surface area contributed by atoms with E-state index in [1.54, 1.807) is 42.5 Å². The van der Waals surface area contributed by atoms with E-state index in [2.05, 4.69) is 4.72 Å². The fourth-order valence-electron chi connectivity index (χ4n) is 1.67. The third-order valence-corrected chi connectivity index (χ3v) is 4.63. The normalized spacial score (nSPS) is 11.3. The Hall–Kier alpha value is -1.23. The van der Waals surface area contributed by atoms with Crippen molar-refractivity contribution in [3.8, 4) is 0 Å². The predicted molar refractivity (Wildman–Crippen MR) is 83.9 cm³/mol. The first kappa shape index (κ1) is 15.2. The molecule has 6 heteroatoms. The molecule has 2 rings (SSSR count). The molecule has 0 saturated heterocycles. The van der Waals surface area contributed by atoms with E-state index in [4.69, 9.17) is 23.2 Å². The van der Waals surface area contributed by atoms with Gasteiger partial charge in [-0.15, -0.1) is 0 Å². The third kappa shape index (κ3) is 4.13. The molecule has 0 atom stereocenters. The van der Waals surface area contributed by atoms with Gasteiger partial charge in [0.1, 0.15) is 0 Å². The van der Waals surface area contributed by atoms with Gasteiger partial charge in [0.2, 0.25) is 10.0 Å². The quantitative estimate of drug-likeness (QED) is 0.911. The average molecular weight is 330 g/mol. The maximum atomic E-state index is 12.1. The standard InChI is InChI=1S/C14H13Cl2NO2S/c1-10-2-7-13(8-14(10)16)17-20(18,19)9-11-3-5-12(15)6-4-11/h2-8,17H,9H2,1H3. The minimum absolute atomic E-state index is 0.115. The van der Waals surface area contributed by atoms with Gasteiger partial charge in [0.25, 0.3) is 0 Å². The van der Waals surface area contributed by atoms with Crippen molar-refractivity contribution in [1.82, 2.24) is 0 Å². The van der Waals surface area contributed by atoms with Crippen molar-refractivity contribution in [2.45, 2.75) is 12.7 Å². The van der Waals surface area contributed by atoms with Crippen LogP contribution < -0.4 is 4.72 Å². The van der Waals surface area contributed by atoms with Crippen LogP contribution in [0.5, 0.6) is 0 Å². The number of aryl methyl sites for hydroxylation is 1. The summed E-state index contributed by atoms with van der Waals surface area (Å²) >= 11 is 11.7. The fourth-order valence-corrected chi connectivity index (χ4v) is 3.17. The van der Waals surface area contributed by atoms with Gasteiger partial charge >= 0.3 is 0 Å². The van der Waals surface area contributed by atoms with Crippen molar-refractivity contribution >= 4 is 38.9 Å². The van der Waals surface area contributed by atoms with Crippen LogP contribution in [0.15, 0.2) is 42.5 Å². The molecule has 0 aliphatic rings. The highest BCUT2D eigenvalue weighted by Gasteiger charge is 2.12. The van der Waals surface area contributed by atoms with E-state index in [9.17, 15) is 8.42 Å². The summed E-state index contributed by atoms with van der Waals surface area (Å²) < 4.78 is 26.6. The van der Waals surface area contributed by atoms with Crippen molar-refractivity contribution in [2.24, 2.45) is 0 Å². The molecule has 0 fully saturated rings. The van der Waals surface area contributed by atoms with Crippen LogP contribution in [0, 0.1) is 6.92 Å². The molecule has 20 heavy (non-hydrogen) atoms. The van der Waals surface area contributed by atoms with Crippen molar-refractivity contribution in [3.05, 3.63) is 63.6 Å². The molecule has 0 heterocycles. The van der Waals surface area contributed by atoms with Gasteiger partial charge in [0.15, 0.2) is 0 Å². The zero-order valence-electron chi connectivity index (χ0n) is 10.7. The topological polar surface area (TPSA) is 46.2 Å². The molecular formula is C14H13Cl2NO2S. The van der Waals surface area contributed by atoms with Gasteiger partial charge in [-0.1, -0.05) is 41.4 Å². The Kier molecular flexibility index (Phi) is 4.58. The molecule has 0 aliphatic carbocycles. The molecule has 0 aromatic heterocycles. The highest BCUT2D eigenvalue weighted by molar-refractivity contribution is 7.91. The van der Waals surface area contributed by atoms with Gasteiger partial charge in [-0.3, -0.25) is 4.72 Å². The summed E-state index contributed by atoms with van der Waals surface area (Å²) in [6.45, 7) is 1.86. The van der Waals surface area contributed by atoms with Crippen LogP contribution in [-0.4, -0.2) is 8.42 Å². The summed E-state index contributed by atoms with van der Waals surface area (Å²) in [6, 6.07) is 11.7. The minimum Gasteiger partial charge on any atom is -0.283 e. The first-order chi connectivity index (χ1) is 9.35. The fraction of sp³-hybridized carbons (Fsp3) is 0.143. The summed E-state index contributed by atoms with van der Waals surface area (Å²) in [7, 11) is -3.48. The Morgan fingerprint density at radius 1 is 1.05 bits per heavy atom. The molecule has 0 saturated carbocycles. The Labute approximate surface area is 128 Å². The van der Waals surface area contributed by atoms with Crippen LogP contribution in [0.3, 0.4) is 0 Å². The molecule has 2 aromatic carbocycles. The van der Waals surface area contributed by atoms with E-state index < -0.39 is 10.0 Å². The zero-order valence-corrected chi connectivity index (χ0v) is 13.1. The van der Waals surface area contributed by atoms with E-state index in [1.165, 1.54) is 0 Å². The van der Waals surface area contributed by atoms with E-state index in [0.29, 0.717) is 21.3 Å². The van der Waals surface area contributed by atoms with Crippen molar-refractivity contribution in [3.63, 3.8) is 0 Å². The lowest BCUT2D eigenvalue weighted by atomic mass is 10.2. The van der Waals surface area contributed by atoms with Crippen LogP contribution in [0.2, 0.25) is 10.0 Å². The molecule has 2 aromatic rings. The van der Waals surface area contributed by atoms with Gasteiger partial charge in [0, 0.05) is 15.7 Å². The van der Waals surface area contributed by atoms with Crippen molar-refractivity contribution in [1.29, 1.82) is 0 Å². The highest BCUT2D eigenvalue weighted by Crippen LogP contribution is 2.21. The summed E-state index contributed by atoms with van der Waals surface area (Å²) in [5.74, 6) is -0.115. The minimum atomic E-state index is -3.48. The van der Waals surface area contributed by atoms with Crippen LogP contribution in [0.25, 0.3) is 0 Å². The third-order valence-electron chi connectivity index (χ3n) is 2.72. The van der Waals surface area contributed by atoms with Crippen molar-refractivity contribution < 1.29 is 8.42 Å². The van der Waals surface area contributed by atoms with Gasteiger partial charge in [-0.25, -0.2) is 8.42 Å². The van der Waals surface area contributed by atoms with Gasteiger partial charge in [-0.2, -0.15) is 0 Å². The Balaban J connectivity index is 2.14. The average Bonchev–Trinajstić information content (AvgIpc) is 2.36. The maximum Gasteiger partial charge on any atom is 0.236 e. The smallest absolute Gasteiger partial charge is 0.236 e. The molecule has 0 aliphatic heterocycles. The number of halogens is 2. The predicted octanol–water partition coefficient (Wildman–Crippen LogP) is 4.24. The Morgan fingerprint density at radius 2 is 1.70 bits per heavy atom. The molecule has 0 amide bonds. The largest absolute Gasteiger partial charge is 0.283 e. The van der Waals surface area contributed by atoms with Gasteiger partial charge in [-0.05, 0) is 42.3 Å². The van der Waals surface area contributed by atoms with Crippen LogP contribution in [-0.2, 0) is 15.8 Å². The Morgan fingerprint density at radius 3 is 2.30 bits per heavy atom. The first-order valence-electron chi connectivity index (χ1n) is 5.87. The lowest BCUT2D eigenvalue weighted by Crippen LogP contribution is -2.15.